The summed E-state index contributed by atoms with van der Waals surface area (Å²) in [6.45, 7) is 4.87. The largest absolute Gasteiger partial charge is 0.493 e. The zero-order valence-corrected chi connectivity index (χ0v) is 15.1. The van der Waals surface area contributed by atoms with Gasteiger partial charge in [-0.1, -0.05) is 39.5 Å². The van der Waals surface area contributed by atoms with Crippen LogP contribution in [0.5, 0.6) is 5.75 Å². The third-order valence-electron chi connectivity index (χ3n) is 5.19. The molecule has 24 heavy (non-hydrogen) atoms. The van der Waals surface area contributed by atoms with Crippen molar-refractivity contribution in [2.45, 2.75) is 77.6 Å². The maximum atomic E-state index is 14.8. The lowest BCUT2D eigenvalue weighted by molar-refractivity contribution is 0.279. The molecule has 1 aromatic carbocycles. The van der Waals surface area contributed by atoms with Crippen LogP contribution >= 0.6 is 0 Å². The van der Waals surface area contributed by atoms with E-state index in [1.165, 1.54) is 25.7 Å². The highest BCUT2D eigenvalue weighted by atomic mass is 19.1. The zero-order valence-electron chi connectivity index (χ0n) is 15.1. The topological polar surface area (TPSA) is 33.0 Å². The molecule has 0 aromatic heterocycles. The highest BCUT2D eigenvalue weighted by molar-refractivity contribution is 5.45. The smallest absolute Gasteiger partial charge is 0.148 e. The lowest BCUT2D eigenvalue weighted by atomic mass is 9.76. The van der Waals surface area contributed by atoms with E-state index in [2.05, 4.69) is 6.92 Å². The van der Waals surface area contributed by atoms with Gasteiger partial charge >= 0.3 is 0 Å². The fraction of sp³-hybridized carbons (Fsp3) is 0.667. The van der Waals surface area contributed by atoms with E-state index < -0.39 is 0 Å². The fourth-order valence-corrected chi connectivity index (χ4v) is 3.80. The van der Waals surface area contributed by atoms with E-state index in [9.17, 15) is 4.39 Å². The molecule has 0 aliphatic heterocycles. The molecule has 3 heteroatoms. The average Bonchev–Trinajstić information content (AvgIpc) is 2.61. The number of ether oxygens (including phenoxy) is 1. The van der Waals surface area contributed by atoms with Crippen LogP contribution in [0.3, 0.4) is 0 Å². The number of nitriles is 1. The van der Waals surface area contributed by atoms with Gasteiger partial charge in [-0.2, -0.15) is 5.26 Å². The number of hydrogen-bond acceptors (Lipinski definition) is 2. The first kappa shape index (κ1) is 18.8. The van der Waals surface area contributed by atoms with E-state index in [1.807, 2.05) is 13.0 Å². The van der Waals surface area contributed by atoms with Gasteiger partial charge in [0.05, 0.1) is 12.2 Å². The van der Waals surface area contributed by atoms with Crippen molar-refractivity contribution in [1.29, 1.82) is 5.26 Å². The molecule has 1 aliphatic rings. The van der Waals surface area contributed by atoms with E-state index in [4.69, 9.17) is 10.00 Å². The van der Waals surface area contributed by atoms with Crippen molar-refractivity contribution in [3.63, 3.8) is 0 Å². The normalized spacial score (nSPS) is 20.6. The van der Waals surface area contributed by atoms with Crippen molar-refractivity contribution in [2.24, 2.45) is 5.92 Å². The van der Waals surface area contributed by atoms with Gasteiger partial charge < -0.3 is 4.74 Å². The third kappa shape index (κ3) is 4.72. The fourth-order valence-electron chi connectivity index (χ4n) is 3.80. The number of unbranched alkanes of at least 4 members (excludes halogenated alkanes) is 2. The number of nitrogens with zero attached hydrogens (tertiary/aromatic N) is 1. The van der Waals surface area contributed by atoms with Crippen molar-refractivity contribution in [3.05, 3.63) is 29.1 Å². The predicted octanol–water partition coefficient (Wildman–Crippen LogP) is 6.34. The second kappa shape index (κ2) is 9.67. The molecular weight excluding hydrogens is 301 g/mol. The minimum atomic E-state index is -0.361. The Balaban J connectivity index is 2.09. The summed E-state index contributed by atoms with van der Waals surface area (Å²) in [6, 6.07) is 5.29. The lowest BCUT2D eigenvalue weighted by Crippen LogP contribution is -2.16. The van der Waals surface area contributed by atoms with E-state index >= 15 is 0 Å². The molecule has 2 nitrogen and oxygen atoms in total. The monoisotopic (exact) mass is 331 g/mol. The van der Waals surface area contributed by atoms with Crippen LogP contribution in [0.2, 0.25) is 0 Å². The van der Waals surface area contributed by atoms with Crippen LogP contribution < -0.4 is 4.74 Å². The predicted molar refractivity (Wildman–Crippen MR) is 95.7 cm³/mol. The van der Waals surface area contributed by atoms with Crippen molar-refractivity contribution in [2.75, 3.05) is 6.61 Å². The first-order valence-electron chi connectivity index (χ1n) is 9.56. The van der Waals surface area contributed by atoms with Gasteiger partial charge in [0, 0.05) is 5.56 Å². The molecule has 132 valence electrons. The molecule has 0 amide bonds. The molecule has 0 radical (unpaired) electrons. The molecule has 1 aromatic rings. The SMILES string of the molecule is CCCCCC1CCC(c2c(OCCC)ccc(C#N)c2F)CC1. The van der Waals surface area contributed by atoms with Crippen LogP contribution in [0.1, 0.15) is 88.7 Å². The van der Waals surface area contributed by atoms with Crippen molar-refractivity contribution in [1.82, 2.24) is 0 Å². The van der Waals surface area contributed by atoms with Gasteiger partial charge in [-0.15, -0.1) is 0 Å². The highest BCUT2D eigenvalue weighted by Crippen LogP contribution is 2.42. The van der Waals surface area contributed by atoms with Crippen LogP contribution in [0.15, 0.2) is 12.1 Å². The summed E-state index contributed by atoms with van der Waals surface area (Å²) < 4.78 is 20.6. The van der Waals surface area contributed by atoms with Crippen LogP contribution in [0.4, 0.5) is 4.39 Å². The van der Waals surface area contributed by atoms with Crippen LogP contribution in [0.25, 0.3) is 0 Å². The second-order valence-electron chi connectivity index (χ2n) is 7.01. The molecule has 1 saturated carbocycles. The molecular formula is C21H30FNO. The number of halogens is 1. The van der Waals surface area contributed by atoms with Crippen LogP contribution in [-0.2, 0) is 0 Å². The summed E-state index contributed by atoms with van der Waals surface area (Å²) in [6.07, 6.45) is 10.4. The Labute approximate surface area is 146 Å². The third-order valence-corrected chi connectivity index (χ3v) is 5.19. The Kier molecular flexibility index (Phi) is 7.56. The van der Waals surface area contributed by atoms with Gasteiger partial charge in [0.15, 0.2) is 0 Å². The molecule has 0 spiro atoms. The Morgan fingerprint density at radius 3 is 2.50 bits per heavy atom. The van der Waals surface area contributed by atoms with E-state index in [1.54, 1.807) is 12.1 Å². The van der Waals surface area contributed by atoms with Gasteiger partial charge in [-0.25, -0.2) is 4.39 Å². The molecule has 0 N–H and O–H groups in total. The minimum Gasteiger partial charge on any atom is -0.493 e. The number of rotatable bonds is 8. The molecule has 0 heterocycles. The summed E-state index contributed by atoms with van der Waals surface area (Å²) in [5.74, 6) is 1.26. The van der Waals surface area contributed by atoms with Crippen LogP contribution in [0, 0.1) is 23.1 Å². The molecule has 0 atom stereocenters. The van der Waals surface area contributed by atoms with Crippen molar-refractivity contribution >= 4 is 0 Å². The molecule has 1 aliphatic carbocycles. The van der Waals surface area contributed by atoms with Crippen LogP contribution in [-0.4, -0.2) is 6.61 Å². The summed E-state index contributed by atoms with van der Waals surface area (Å²) in [5.41, 5.74) is 0.786. The van der Waals surface area contributed by atoms with Crippen molar-refractivity contribution in [3.8, 4) is 11.8 Å². The lowest BCUT2D eigenvalue weighted by Gasteiger charge is -2.30. The minimum absolute atomic E-state index is 0.138. The number of hydrogen-bond donors (Lipinski definition) is 0. The van der Waals surface area contributed by atoms with Gasteiger partial charge in [-0.3, -0.25) is 0 Å². The Hall–Kier alpha value is -1.56. The molecule has 2 rings (SSSR count). The summed E-state index contributed by atoms with van der Waals surface area (Å²) in [4.78, 5) is 0. The molecule has 0 saturated heterocycles. The summed E-state index contributed by atoms with van der Waals surface area (Å²) in [5, 5.41) is 9.14. The number of benzene rings is 1. The maximum Gasteiger partial charge on any atom is 0.148 e. The van der Waals surface area contributed by atoms with E-state index in [0.717, 1.165) is 38.0 Å². The highest BCUT2D eigenvalue weighted by Gasteiger charge is 2.28. The molecule has 0 bridgehead atoms. The zero-order chi connectivity index (χ0) is 17.4. The molecule has 1 fully saturated rings. The quantitative estimate of drug-likeness (QED) is 0.521. The van der Waals surface area contributed by atoms with E-state index in [-0.39, 0.29) is 17.3 Å². The Morgan fingerprint density at radius 2 is 1.88 bits per heavy atom. The van der Waals surface area contributed by atoms with Crippen molar-refractivity contribution < 1.29 is 9.13 Å². The van der Waals surface area contributed by atoms with Gasteiger partial charge in [0.25, 0.3) is 0 Å². The first-order chi connectivity index (χ1) is 11.7. The first-order valence-corrected chi connectivity index (χ1v) is 9.56. The van der Waals surface area contributed by atoms with Gasteiger partial charge in [0.2, 0.25) is 0 Å². The standard InChI is InChI=1S/C21H30FNO/c1-3-5-6-7-16-8-10-17(11-9-16)20-19(24-14-4-2)13-12-18(15-23)21(20)22/h12-13,16-17H,3-11,14H2,1-2H3. The van der Waals surface area contributed by atoms with Gasteiger partial charge in [0.1, 0.15) is 17.6 Å². The Morgan fingerprint density at radius 1 is 1.12 bits per heavy atom. The van der Waals surface area contributed by atoms with Gasteiger partial charge in [-0.05, 0) is 56.1 Å². The van der Waals surface area contributed by atoms with E-state index in [0.29, 0.717) is 17.9 Å². The Bertz CT molecular complexity index is 556. The molecule has 0 unspecified atom stereocenters. The summed E-state index contributed by atoms with van der Waals surface area (Å²) >= 11 is 0. The maximum absolute atomic E-state index is 14.8. The second-order valence-corrected chi connectivity index (χ2v) is 7.01. The summed E-state index contributed by atoms with van der Waals surface area (Å²) in [7, 11) is 0. The average molecular weight is 331 g/mol.